The maximum absolute atomic E-state index is 12.9. The quantitative estimate of drug-likeness (QED) is 0.596. The van der Waals surface area contributed by atoms with Crippen LogP contribution in [0.4, 0.5) is 5.00 Å². The zero-order valence-electron chi connectivity index (χ0n) is 16.3. The van der Waals surface area contributed by atoms with E-state index in [0.717, 1.165) is 41.4 Å². The normalized spacial score (nSPS) is 18.9. The number of nitrogens with zero attached hydrogens (tertiary/aromatic N) is 1. The van der Waals surface area contributed by atoms with Crippen LogP contribution in [0.1, 0.15) is 46.6 Å². The molecule has 3 aromatic rings. The summed E-state index contributed by atoms with van der Waals surface area (Å²) in [5.74, 6) is 1.41. The first kappa shape index (κ1) is 18.7. The molecule has 0 aliphatic carbocycles. The van der Waals surface area contributed by atoms with E-state index < -0.39 is 0 Å². The number of nitrogens with one attached hydrogen (secondary N) is 2. The number of carbonyl (C=O) groups excluding carboxylic acids is 1. The Morgan fingerprint density at radius 1 is 1.17 bits per heavy atom. The molecule has 0 saturated heterocycles. The van der Waals surface area contributed by atoms with Gasteiger partial charge >= 0.3 is 0 Å². The van der Waals surface area contributed by atoms with E-state index >= 15 is 0 Å². The van der Waals surface area contributed by atoms with Crippen molar-refractivity contribution >= 4 is 33.8 Å². The Morgan fingerprint density at radius 2 is 1.97 bits per heavy atom. The standard InChI is InChI=1S/C22H22ClN3O2S/c1-12(2)26-10-9-15-18(11-26)29-22-19(15)21(27)24-20(25-22)17-8-7-16(28-17)13-3-5-14(23)6-4-13/h3-8,12,20,25H,9-11H2,1-2H3,(H,24,27). The Morgan fingerprint density at radius 3 is 2.72 bits per heavy atom. The molecule has 0 radical (unpaired) electrons. The van der Waals surface area contributed by atoms with Crippen LogP contribution in [0.3, 0.4) is 0 Å². The van der Waals surface area contributed by atoms with Gasteiger partial charge in [0, 0.05) is 34.6 Å². The summed E-state index contributed by atoms with van der Waals surface area (Å²) >= 11 is 7.67. The zero-order valence-corrected chi connectivity index (χ0v) is 17.9. The summed E-state index contributed by atoms with van der Waals surface area (Å²) < 4.78 is 6.04. The molecule has 7 heteroatoms. The molecule has 5 nitrogen and oxygen atoms in total. The highest BCUT2D eigenvalue weighted by Crippen LogP contribution is 2.41. The van der Waals surface area contributed by atoms with Crippen molar-refractivity contribution < 1.29 is 9.21 Å². The lowest BCUT2D eigenvalue weighted by Crippen LogP contribution is -2.39. The third-order valence-corrected chi connectivity index (χ3v) is 7.03. The third-order valence-electron chi connectivity index (χ3n) is 5.63. The lowest BCUT2D eigenvalue weighted by molar-refractivity contribution is 0.0930. The number of benzene rings is 1. The van der Waals surface area contributed by atoms with Gasteiger partial charge in [0.1, 0.15) is 16.5 Å². The van der Waals surface area contributed by atoms with Crippen molar-refractivity contribution in [1.82, 2.24) is 10.2 Å². The van der Waals surface area contributed by atoms with E-state index in [-0.39, 0.29) is 12.1 Å². The second-order valence-electron chi connectivity index (χ2n) is 7.78. The molecular weight excluding hydrogens is 406 g/mol. The Kier molecular flexibility index (Phi) is 4.65. The maximum Gasteiger partial charge on any atom is 0.256 e. The highest BCUT2D eigenvalue weighted by atomic mass is 35.5. The van der Waals surface area contributed by atoms with E-state index in [1.165, 1.54) is 10.4 Å². The summed E-state index contributed by atoms with van der Waals surface area (Å²) in [4.78, 5) is 16.7. The Labute approximate surface area is 178 Å². The highest BCUT2D eigenvalue weighted by molar-refractivity contribution is 7.16. The molecule has 2 aliphatic rings. The average Bonchev–Trinajstić information content (AvgIpc) is 3.32. The number of halogens is 1. The van der Waals surface area contributed by atoms with Gasteiger partial charge in [-0.15, -0.1) is 11.3 Å². The van der Waals surface area contributed by atoms with Gasteiger partial charge in [-0.1, -0.05) is 11.6 Å². The number of carbonyl (C=O) groups is 1. The first-order valence-electron chi connectivity index (χ1n) is 9.81. The summed E-state index contributed by atoms with van der Waals surface area (Å²) in [5.41, 5.74) is 2.96. The fraction of sp³-hybridized carbons (Fsp3) is 0.318. The van der Waals surface area contributed by atoms with Crippen LogP contribution in [-0.4, -0.2) is 23.4 Å². The minimum Gasteiger partial charge on any atom is -0.457 e. The third kappa shape index (κ3) is 3.35. The number of furan rings is 1. The molecule has 0 bridgehead atoms. The van der Waals surface area contributed by atoms with Gasteiger partial charge in [-0.25, -0.2) is 0 Å². The highest BCUT2D eigenvalue weighted by Gasteiger charge is 2.34. The number of anilines is 1. The van der Waals surface area contributed by atoms with Crippen molar-refractivity contribution in [1.29, 1.82) is 0 Å². The van der Waals surface area contributed by atoms with Crippen LogP contribution in [0.2, 0.25) is 5.02 Å². The number of amides is 1. The van der Waals surface area contributed by atoms with Crippen LogP contribution in [0.15, 0.2) is 40.8 Å². The topological polar surface area (TPSA) is 57.5 Å². The Bertz CT molecular complexity index is 1070. The monoisotopic (exact) mass is 427 g/mol. The van der Waals surface area contributed by atoms with Crippen LogP contribution in [0.5, 0.6) is 0 Å². The molecule has 1 atom stereocenters. The van der Waals surface area contributed by atoms with E-state index in [1.54, 1.807) is 11.3 Å². The van der Waals surface area contributed by atoms with Gasteiger partial charge in [0.05, 0.1) is 5.56 Å². The summed E-state index contributed by atoms with van der Waals surface area (Å²) in [5, 5.41) is 8.16. The minimum absolute atomic E-state index is 0.0244. The molecule has 0 saturated carbocycles. The predicted molar refractivity (Wildman–Crippen MR) is 117 cm³/mol. The van der Waals surface area contributed by atoms with Crippen LogP contribution in [0, 0.1) is 0 Å². The number of fused-ring (bicyclic) bond motifs is 3. The zero-order chi connectivity index (χ0) is 20.1. The van der Waals surface area contributed by atoms with Gasteiger partial charge in [-0.05, 0) is 62.2 Å². The van der Waals surface area contributed by atoms with Gasteiger partial charge in [0.2, 0.25) is 0 Å². The van der Waals surface area contributed by atoms with E-state index in [1.807, 2.05) is 36.4 Å². The molecule has 1 amide bonds. The molecule has 4 heterocycles. The minimum atomic E-state index is -0.377. The molecular formula is C22H22ClN3O2S. The van der Waals surface area contributed by atoms with Crippen LogP contribution < -0.4 is 10.6 Å². The van der Waals surface area contributed by atoms with Gasteiger partial charge < -0.3 is 15.1 Å². The summed E-state index contributed by atoms with van der Waals surface area (Å²) in [6.45, 7) is 6.34. The van der Waals surface area contributed by atoms with E-state index in [0.29, 0.717) is 16.8 Å². The largest absolute Gasteiger partial charge is 0.457 e. The summed E-state index contributed by atoms with van der Waals surface area (Å²) in [6, 6.07) is 11.8. The van der Waals surface area contributed by atoms with E-state index in [2.05, 4.69) is 29.4 Å². The number of hydrogen-bond acceptors (Lipinski definition) is 5. The molecule has 150 valence electrons. The maximum atomic E-state index is 12.9. The van der Waals surface area contributed by atoms with Gasteiger partial charge in [-0.2, -0.15) is 0 Å². The van der Waals surface area contributed by atoms with Gasteiger partial charge in [0.25, 0.3) is 5.91 Å². The second-order valence-corrected chi connectivity index (χ2v) is 9.32. The van der Waals surface area contributed by atoms with Crippen molar-refractivity contribution in [2.24, 2.45) is 0 Å². The van der Waals surface area contributed by atoms with E-state index in [4.69, 9.17) is 16.0 Å². The smallest absolute Gasteiger partial charge is 0.256 e. The lowest BCUT2D eigenvalue weighted by atomic mass is 10.0. The molecule has 2 N–H and O–H groups in total. The molecule has 0 fully saturated rings. The van der Waals surface area contributed by atoms with Crippen molar-refractivity contribution in [2.45, 2.75) is 39.0 Å². The molecule has 5 rings (SSSR count). The molecule has 0 spiro atoms. The summed E-state index contributed by atoms with van der Waals surface area (Å²) in [7, 11) is 0. The lowest BCUT2D eigenvalue weighted by Gasteiger charge is -2.30. The van der Waals surface area contributed by atoms with Crippen molar-refractivity contribution in [3.05, 3.63) is 63.2 Å². The van der Waals surface area contributed by atoms with Crippen LogP contribution >= 0.6 is 22.9 Å². The van der Waals surface area contributed by atoms with E-state index in [9.17, 15) is 4.79 Å². The summed E-state index contributed by atoms with van der Waals surface area (Å²) in [6.07, 6.45) is 0.540. The van der Waals surface area contributed by atoms with Crippen LogP contribution in [0.25, 0.3) is 11.3 Å². The predicted octanol–water partition coefficient (Wildman–Crippen LogP) is 5.28. The fourth-order valence-electron chi connectivity index (χ4n) is 4.00. The molecule has 2 aliphatic heterocycles. The molecule has 2 aromatic heterocycles. The van der Waals surface area contributed by atoms with Crippen molar-refractivity contribution in [3.8, 4) is 11.3 Å². The SMILES string of the molecule is CC(C)N1CCc2c(sc3c2C(=O)NC(c2ccc(-c4ccc(Cl)cc4)o2)N3)C1. The number of thiophene rings is 1. The Hall–Kier alpha value is -2.28. The first-order chi connectivity index (χ1) is 14.0. The molecule has 29 heavy (non-hydrogen) atoms. The molecule has 1 unspecified atom stereocenters. The van der Waals surface area contributed by atoms with Gasteiger partial charge in [0.15, 0.2) is 6.17 Å². The second kappa shape index (κ2) is 7.20. The van der Waals surface area contributed by atoms with Gasteiger partial charge in [-0.3, -0.25) is 9.69 Å². The Balaban J connectivity index is 1.41. The van der Waals surface area contributed by atoms with Crippen molar-refractivity contribution in [3.63, 3.8) is 0 Å². The number of hydrogen-bond donors (Lipinski definition) is 2. The number of rotatable bonds is 3. The van der Waals surface area contributed by atoms with Crippen molar-refractivity contribution in [2.75, 3.05) is 11.9 Å². The molecule has 1 aromatic carbocycles. The van der Waals surface area contributed by atoms with Crippen LogP contribution in [-0.2, 0) is 13.0 Å². The first-order valence-corrected chi connectivity index (χ1v) is 11.0. The average molecular weight is 428 g/mol. The fourth-order valence-corrected chi connectivity index (χ4v) is 5.42.